The van der Waals surface area contributed by atoms with Crippen molar-refractivity contribution in [1.29, 1.82) is 0 Å². The number of nitrogens with zero attached hydrogens (tertiary/aromatic N) is 1. The molecule has 8 atom stereocenters. The summed E-state index contributed by atoms with van der Waals surface area (Å²) in [6.07, 6.45) is 0.693. The Bertz CT molecular complexity index is 1260. The topological polar surface area (TPSA) is 100 Å². The van der Waals surface area contributed by atoms with E-state index in [9.17, 15) is 15.0 Å². The van der Waals surface area contributed by atoms with E-state index in [1.165, 1.54) is 6.42 Å². The number of methoxy groups -OCH3 is 1. The fraction of sp³-hybridized carbons (Fsp3) is 0.618. The summed E-state index contributed by atoms with van der Waals surface area (Å²) in [4.78, 5) is 20.2. The van der Waals surface area contributed by atoms with Crippen molar-refractivity contribution < 1.29 is 29.3 Å². The van der Waals surface area contributed by atoms with E-state index in [2.05, 4.69) is 26.1 Å². The number of nitrogens with one attached hydrogen (secondary N) is 1. The first-order chi connectivity index (χ1) is 20.0. The van der Waals surface area contributed by atoms with Gasteiger partial charge in [-0.15, -0.1) is 0 Å². The Balaban J connectivity index is 1.42. The Hall–Kier alpha value is -2.65. The maximum Gasteiger partial charge on any atom is 0.240 e. The molecule has 8 heteroatoms. The molecule has 1 heterocycles. The maximum atomic E-state index is 14.0. The largest absolute Gasteiger partial charge is 0.496 e. The van der Waals surface area contributed by atoms with E-state index in [1.54, 1.807) is 19.1 Å². The predicted octanol–water partition coefficient (Wildman–Crippen LogP) is 4.81. The minimum absolute atomic E-state index is 0.0547. The molecule has 1 aliphatic heterocycles. The van der Waals surface area contributed by atoms with E-state index in [4.69, 9.17) is 14.3 Å². The molecule has 230 valence electrons. The monoisotopic (exact) mass is 580 g/mol. The molecule has 1 amide bonds. The highest BCUT2D eigenvalue weighted by Gasteiger charge is 2.57. The van der Waals surface area contributed by atoms with Crippen molar-refractivity contribution in [2.45, 2.75) is 91.3 Å². The van der Waals surface area contributed by atoms with Crippen LogP contribution in [-0.2, 0) is 16.2 Å². The predicted molar refractivity (Wildman–Crippen MR) is 162 cm³/mol. The number of para-hydroxylation sites is 1. The van der Waals surface area contributed by atoms with Crippen LogP contribution in [0.15, 0.2) is 42.5 Å². The number of hydroxylamine groups is 2. The van der Waals surface area contributed by atoms with Gasteiger partial charge in [-0.2, -0.15) is 5.06 Å². The van der Waals surface area contributed by atoms with Crippen molar-refractivity contribution in [1.82, 2.24) is 10.4 Å². The molecule has 0 unspecified atom stereocenters. The average Bonchev–Trinajstić information content (AvgIpc) is 3.32. The lowest BCUT2D eigenvalue weighted by Gasteiger charge is -2.62. The molecule has 3 saturated carbocycles. The quantitative estimate of drug-likeness (QED) is 0.371. The molecule has 42 heavy (non-hydrogen) atoms. The zero-order chi connectivity index (χ0) is 30.3. The van der Waals surface area contributed by atoms with E-state index < -0.39 is 24.2 Å². The van der Waals surface area contributed by atoms with E-state index in [0.29, 0.717) is 28.9 Å². The number of ether oxygens (including phenoxy) is 2. The number of benzene rings is 2. The van der Waals surface area contributed by atoms with Gasteiger partial charge in [-0.05, 0) is 74.5 Å². The van der Waals surface area contributed by atoms with Crippen LogP contribution in [0.1, 0.15) is 59.9 Å². The fourth-order valence-corrected chi connectivity index (χ4v) is 7.84. The number of rotatable bonds is 10. The van der Waals surface area contributed by atoms with Crippen molar-refractivity contribution in [3.8, 4) is 22.6 Å². The summed E-state index contributed by atoms with van der Waals surface area (Å²) in [6, 6.07) is 13.1. The third kappa shape index (κ3) is 5.66. The highest BCUT2D eigenvalue weighted by Crippen LogP contribution is 2.61. The van der Waals surface area contributed by atoms with Gasteiger partial charge in [0.2, 0.25) is 5.91 Å². The molecule has 4 aliphatic rings. The number of amides is 1. The van der Waals surface area contributed by atoms with Crippen LogP contribution in [0.4, 0.5) is 0 Å². The Labute approximate surface area is 250 Å². The summed E-state index contributed by atoms with van der Waals surface area (Å²) < 4.78 is 11.9. The molecule has 0 radical (unpaired) electrons. The summed E-state index contributed by atoms with van der Waals surface area (Å²) in [5, 5.41) is 25.9. The molecule has 3 N–H and O–H groups in total. The third-order valence-corrected chi connectivity index (χ3v) is 10.2. The molecular weight excluding hydrogens is 532 g/mol. The molecule has 2 aromatic carbocycles. The molecule has 0 spiro atoms. The lowest BCUT2D eigenvalue weighted by molar-refractivity contribution is -0.183. The molecular formula is C34H48N2O6. The Morgan fingerprint density at radius 3 is 2.52 bits per heavy atom. The first-order valence-electron chi connectivity index (χ1n) is 15.4. The van der Waals surface area contributed by atoms with Crippen LogP contribution < -0.4 is 14.8 Å². The molecule has 8 nitrogen and oxygen atoms in total. The van der Waals surface area contributed by atoms with Crippen LogP contribution in [-0.4, -0.2) is 65.3 Å². The minimum atomic E-state index is -0.851. The van der Waals surface area contributed by atoms with Gasteiger partial charge < -0.3 is 25.0 Å². The van der Waals surface area contributed by atoms with E-state index in [1.807, 2.05) is 56.3 Å². The minimum Gasteiger partial charge on any atom is -0.496 e. The molecule has 3 aliphatic carbocycles. The normalized spacial score (nSPS) is 31.0. The first-order valence-corrected chi connectivity index (χ1v) is 15.4. The van der Waals surface area contributed by atoms with Gasteiger partial charge in [-0.1, -0.05) is 51.1 Å². The first kappa shape index (κ1) is 30.8. The highest BCUT2D eigenvalue weighted by molar-refractivity contribution is 5.83. The van der Waals surface area contributed by atoms with E-state index in [0.717, 1.165) is 28.9 Å². The highest BCUT2D eigenvalue weighted by atomic mass is 16.7. The lowest BCUT2D eigenvalue weighted by Crippen LogP contribution is -2.62. The van der Waals surface area contributed by atoms with Crippen LogP contribution in [0.5, 0.6) is 11.5 Å². The van der Waals surface area contributed by atoms with Crippen molar-refractivity contribution in [3.05, 3.63) is 48.0 Å². The van der Waals surface area contributed by atoms with Crippen molar-refractivity contribution in [2.75, 3.05) is 13.7 Å². The zero-order valence-electron chi connectivity index (χ0n) is 26.0. The van der Waals surface area contributed by atoms with Gasteiger partial charge in [0, 0.05) is 23.1 Å². The van der Waals surface area contributed by atoms with Gasteiger partial charge in [0.05, 0.1) is 32.5 Å². The fourth-order valence-electron chi connectivity index (χ4n) is 7.84. The summed E-state index contributed by atoms with van der Waals surface area (Å²) in [5.74, 6) is 2.26. The van der Waals surface area contributed by atoms with E-state index in [-0.39, 0.29) is 31.2 Å². The molecule has 6 rings (SSSR count). The van der Waals surface area contributed by atoms with Crippen LogP contribution in [0.25, 0.3) is 11.1 Å². The second-order valence-electron chi connectivity index (χ2n) is 13.4. The van der Waals surface area contributed by atoms with Crippen molar-refractivity contribution in [3.63, 3.8) is 0 Å². The van der Waals surface area contributed by atoms with Crippen LogP contribution in [0.2, 0.25) is 0 Å². The summed E-state index contributed by atoms with van der Waals surface area (Å²) in [6.45, 7) is 12.5. The maximum absolute atomic E-state index is 14.0. The number of aliphatic hydroxyl groups excluding tert-OH is 2. The van der Waals surface area contributed by atoms with Gasteiger partial charge in [-0.25, -0.2) is 0 Å². The Kier molecular flexibility index (Phi) is 8.91. The summed E-state index contributed by atoms with van der Waals surface area (Å²) in [5.41, 5.74) is 2.99. The number of hydrogen-bond donors (Lipinski definition) is 3. The Morgan fingerprint density at radius 1 is 1.17 bits per heavy atom. The second kappa shape index (κ2) is 12.2. The van der Waals surface area contributed by atoms with Crippen molar-refractivity contribution in [2.24, 2.45) is 29.1 Å². The smallest absolute Gasteiger partial charge is 0.240 e. The lowest BCUT2D eigenvalue weighted by atomic mass is 9.45. The zero-order valence-corrected chi connectivity index (χ0v) is 26.0. The molecule has 1 saturated heterocycles. The van der Waals surface area contributed by atoms with Gasteiger partial charge in [-0.3, -0.25) is 9.63 Å². The van der Waals surface area contributed by atoms with Gasteiger partial charge in [0.1, 0.15) is 23.6 Å². The number of aliphatic hydroxyl groups is 2. The molecule has 4 fully saturated rings. The van der Waals surface area contributed by atoms with E-state index >= 15 is 0 Å². The number of carbonyl (C=O) groups is 1. The third-order valence-electron chi connectivity index (χ3n) is 10.2. The second-order valence-corrected chi connectivity index (χ2v) is 13.4. The van der Waals surface area contributed by atoms with Crippen LogP contribution in [0, 0.1) is 29.1 Å². The molecule has 2 aromatic rings. The Morgan fingerprint density at radius 2 is 1.90 bits per heavy atom. The number of carbonyl (C=O) groups excluding carboxylic acids is 1. The molecule has 0 aromatic heterocycles. The standard InChI is InChI=1S/C34H48N2O6/c1-19(2)41-25-12-8-10-22(14-25)26-13-9-11-23(32(26)40-7)17-36-31(30(21(4)38)29(18-37)42-36)33(39)35-28-16-24-15-27(20(28)3)34(24,5)6/h8-14,19-21,24,27-31,37-38H,15-18H2,1-7H3,(H,35,39)/t20-,21-,24+,27-,28-,29-,30-,31-/m0/s1. The summed E-state index contributed by atoms with van der Waals surface area (Å²) in [7, 11) is 1.64. The van der Waals surface area contributed by atoms with Gasteiger partial charge >= 0.3 is 0 Å². The average molecular weight is 581 g/mol. The van der Waals surface area contributed by atoms with Crippen LogP contribution in [0.3, 0.4) is 0 Å². The number of fused-ring (bicyclic) bond motifs is 2. The number of hydrogen-bond acceptors (Lipinski definition) is 7. The van der Waals surface area contributed by atoms with Crippen LogP contribution >= 0.6 is 0 Å². The summed E-state index contributed by atoms with van der Waals surface area (Å²) >= 11 is 0. The SMILES string of the molecule is COc1c(CN2O[C@@H](CO)[C@H]([C@H](C)O)[C@H]2C(=O)N[C@H]2C[C@H]3C[C@@H]([C@@H]2C)C3(C)C)cccc1-c1cccc(OC(C)C)c1. The molecule has 2 bridgehead atoms. The van der Waals surface area contributed by atoms with Crippen molar-refractivity contribution >= 4 is 5.91 Å². The van der Waals surface area contributed by atoms with Gasteiger partial charge in [0.25, 0.3) is 0 Å². The van der Waals surface area contributed by atoms with Gasteiger partial charge in [0.15, 0.2) is 0 Å².